The van der Waals surface area contributed by atoms with Crippen LogP contribution >= 0.6 is 7.82 Å². The van der Waals surface area contributed by atoms with Gasteiger partial charge in [0.25, 0.3) is 7.82 Å². The van der Waals surface area contributed by atoms with Crippen LogP contribution in [0.4, 0.5) is 0 Å². The van der Waals surface area contributed by atoms with Gasteiger partial charge in [0.1, 0.15) is 20.5 Å². The third-order valence-electron chi connectivity index (χ3n) is 3.57. The number of nitrogens with zero attached hydrogens (tertiary/aromatic N) is 3. The Bertz CT molecular complexity index is 535. The first-order valence-electron chi connectivity index (χ1n) is 8.31. The molecule has 26 heavy (non-hydrogen) atoms. The van der Waals surface area contributed by atoms with Crippen LogP contribution in [0.5, 0.6) is 0 Å². The number of ether oxygens (including phenoxy) is 1. The Morgan fingerprint density at radius 2 is 2.15 bits per heavy atom. The number of aliphatic hydroxyl groups is 1. The molecule has 1 rings (SSSR count). The molecule has 0 spiro atoms. The number of carbonyl (C=O) groups is 1. The molecule has 1 unspecified atom stereocenters. The van der Waals surface area contributed by atoms with Gasteiger partial charge in [-0.25, -0.2) is 0 Å². The normalized spacial score (nSPS) is 24.6. The molecule has 0 aliphatic carbocycles. The van der Waals surface area contributed by atoms with Gasteiger partial charge in [-0.3, -0.25) is 9.36 Å². The molecule has 0 aromatic carbocycles. The van der Waals surface area contributed by atoms with E-state index >= 15 is 0 Å². The maximum Gasteiger partial charge on any atom is 0.267 e. The number of amides is 1. The van der Waals surface area contributed by atoms with Crippen molar-refractivity contribution in [1.82, 2.24) is 5.32 Å². The molecule has 1 amide bonds. The van der Waals surface area contributed by atoms with Gasteiger partial charge in [0, 0.05) is 17.5 Å². The van der Waals surface area contributed by atoms with Gasteiger partial charge >= 0.3 is 0 Å². The molecule has 2 N–H and O–H groups in total. The number of azide groups is 1. The third kappa shape index (κ3) is 10.1. The molecule has 1 heterocycles. The maximum atomic E-state index is 11.6. The van der Waals surface area contributed by atoms with Crippen LogP contribution in [0.1, 0.15) is 32.1 Å². The van der Waals surface area contributed by atoms with Crippen LogP contribution in [0.25, 0.3) is 10.4 Å². The minimum absolute atomic E-state index is 0.0163. The van der Waals surface area contributed by atoms with Crippen LogP contribution in [0.3, 0.4) is 0 Å². The Kier molecular flexibility index (Phi) is 10.8. The van der Waals surface area contributed by atoms with Gasteiger partial charge in [-0.05, 0) is 24.8 Å². The van der Waals surface area contributed by atoms with Gasteiger partial charge in [-0.1, -0.05) is 18.0 Å². The maximum absolute atomic E-state index is 11.6. The van der Waals surface area contributed by atoms with E-state index in [9.17, 15) is 19.4 Å². The lowest BCUT2D eigenvalue weighted by Gasteiger charge is -2.25. The summed E-state index contributed by atoms with van der Waals surface area (Å²) in [7, 11) is 1.03. The highest BCUT2D eigenvalue weighted by Crippen LogP contribution is 2.39. The fourth-order valence-electron chi connectivity index (χ4n) is 2.25. The topological polar surface area (TPSA) is 166 Å². The molecule has 146 valence electrons. The average molecular weight is 389 g/mol. The molecule has 1 aliphatic rings. The zero-order chi connectivity index (χ0) is 19.4. The van der Waals surface area contributed by atoms with Crippen molar-refractivity contribution in [2.45, 2.75) is 50.3 Å². The number of hydrogen-bond donors (Lipinski definition) is 2. The van der Waals surface area contributed by atoms with Crippen LogP contribution in [0.15, 0.2) is 5.11 Å². The van der Waals surface area contributed by atoms with Gasteiger partial charge in [0.05, 0.1) is 19.3 Å². The van der Waals surface area contributed by atoms with E-state index in [0.717, 1.165) is 6.42 Å². The summed E-state index contributed by atoms with van der Waals surface area (Å²) in [6, 6.07) is -0.630. The Balaban J connectivity index is 2.01. The molecule has 0 aromatic heterocycles. The summed E-state index contributed by atoms with van der Waals surface area (Å²) in [5.74, 6) is -0.340. The van der Waals surface area contributed by atoms with Gasteiger partial charge in [0.15, 0.2) is 0 Å². The molecule has 11 nitrogen and oxygen atoms in total. The number of nitrogens with one attached hydrogen (secondary N) is 1. The van der Waals surface area contributed by atoms with E-state index in [0.29, 0.717) is 25.8 Å². The molecule has 4 atom stereocenters. The van der Waals surface area contributed by atoms with Crippen LogP contribution in [-0.2, 0) is 23.1 Å². The van der Waals surface area contributed by atoms with Crippen molar-refractivity contribution in [1.29, 1.82) is 0 Å². The summed E-state index contributed by atoms with van der Waals surface area (Å²) in [6.45, 7) is -0.129. The molecule has 1 fully saturated rings. The van der Waals surface area contributed by atoms with Crippen LogP contribution < -0.4 is 10.2 Å². The zero-order valence-corrected chi connectivity index (χ0v) is 15.3. The Hall–Kier alpha value is -1.13. The summed E-state index contributed by atoms with van der Waals surface area (Å²) in [6.07, 6.45) is 1.28. The number of unbranched alkanes of at least 4 members (excludes halogenated alkanes) is 3. The van der Waals surface area contributed by atoms with Gasteiger partial charge in [-0.15, -0.1) is 0 Å². The lowest BCUT2D eigenvalue weighted by atomic mass is 9.96. The smallest absolute Gasteiger partial charge is 0.267 e. The highest BCUT2D eigenvalue weighted by Gasteiger charge is 2.32. The molecule has 0 aromatic rings. The standard InChI is InChI=1S/C13H24BN4O7P/c14-12-7-10(19)11(25-12)9-24-26(21,22)23-6-4-2-1-3-5-16-13(20)8-17-18-15/h10-12,19H,1-9H2,(H,16,20)(H,21,22)/p-1/t10-,11-,12-/m1/s1. The van der Waals surface area contributed by atoms with Crippen molar-refractivity contribution < 1.29 is 33.1 Å². The first-order valence-corrected chi connectivity index (χ1v) is 9.77. The summed E-state index contributed by atoms with van der Waals surface area (Å²) < 4.78 is 26.2. The Labute approximate surface area is 153 Å². The van der Waals surface area contributed by atoms with Gasteiger partial charge in [-0.2, -0.15) is 0 Å². The third-order valence-corrected chi connectivity index (χ3v) is 4.53. The second kappa shape index (κ2) is 12.3. The molecule has 1 aliphatic heterocycles. The monoisotopic (exact) mass is 389 g/mol. The predicted octanol–water partition coefficient (Wildman–Crippen LogP) is 0.119. The van der Waals surface area contributed by atoms with Gasteiger partial charge < -0.3 is 29.1 Å². The first kappa shape index (κ1) is 22.9. The molecule has 2 radical (unpaired) electrons. The summed E-state index contributed by atoms with van der Waals surface area (Å²) >= 11 is 0. The molecular weight excluding hydrogens is 366 g/mol. The number of phosphoric ester groups is 1. The average Bonchev–Trinajstić information content (AvgIpc) is 2.91. The summed E-state index contributed by atoms with van der Waals surface area (Å²) in [4.78, 5) is 25.2. The highest BCUT2D eigenvalue weighted by molar-refractivity contribution is 7.45. The van der Waals surface area contributed by atoms with E-state index in [-0.39, 0.29) is 32.1 Å². The molecule has 1 saturated heterocycles. The van der Waals surface area contributed by atoms with E-state index in [4.69, 9.17) is 27.2 Å². The minimum atomic E-state index is -4.46. The highest BCUT2D eigenvalue weighted by atomic mass is 31.2. The predicted molar refractivity (Wildman–Crippen MR) is 90.0 cm³/mol. The Morgan fingerprint density at radius 3 is 2.81 bits per heavy atom. The first-order chi connectivity index (χ1) is 12.3. The van der Waals surface area contributed by atoms with Crippen molar-refractivity contribution in [2.24, 2.45) is 5.11 Å². The lowest BCUT2D eigenvalue weighted by molar-refractivity contribution is -0.228. The van der Waals surface area contributed by atoms with Crippen molar-refractivity contribution in [3.8, 4) is 0 Å². The SMILES string of the molecule is [B][C@H]1C[C@@H](O)[C@@H](COP(=O)([O-])OCCCCCCNC(=O)CN=[N+]=[N-])O1. The van der Waals surface area contributed by atoms with Crippen molar-refractivity contribution >= 4 is 21.6 Å². The fourth-order valence-corrected chi connectivity index (χ4v) is 3.01. The summed E-state index contributed by atoms with van der Waals surface area (Å²) in [5, 5.41) is 15.3. The van der Waals surface area contributed by atoms with E-state index < -0.39 is 26.0 Å². The second-order valence-electron chi connectivity index (χ2n) is 5.75. The van der Waals surface area contributed by atoms with Gasteiger partial charge in [0.2, 0.25) is 5.91 Å². The molecular formula is C13H23BN4O7P-. The molecule has 13 heteroatoms. The van der Waals surface area contributed by atoms with Crippen molar-refractivity contribution in [3.05, 3.63) is 10.4 Å². The Morgan fingerprint density at radius 1 is 1.42 bits per heavy atom. The van der Waals surface area contributed by atoms with E-state index in [2.05, 4.69) is 15.3 Å². The number of aliphatic hydroxyl groups excluding tert-OH is 1. The zero-order valence-electron chi connectivity index (χ0n) is 14.4. The van der Waals surface area contributed by atoms with Crippen LogP contribution in [0, 0.1) is 0 Å². The number of phosphoric acid groups is 1. The number of rotatable bonds is 13. The quantitative estimate of drug-likeness (QED) is 0.113. The minimum Gasteiger partial charge on any atom is -0.756 e. The van der Waals surface area contributed by atoms with Crippen molar-refractivity contribution in [3.63, 3.8) is 0 Å². The van der Waals surface area contributed by atoms with Crippen LogP contribution in [0.2, 0.25) is 0 Å². The second-order valence-corrected chi connectivity index (χ2v) is 7.16. The molecule has 0 bridgehead atoms. The van der Waals surface area contributed by atoms with E-state index in [1.165, 1.54) is 0 Å². The van der Waals surface area contributed by atoms with E-state index in [1.807, 2.05) is 0 Å². The van der Waals surface area contributed by atoms with E-state index in [1.54, 1.807) is 0 Å². The van der Waals surface area contributed by atoms with Crippen LogP contribution in [-0.4, -0.2) is 63.4 Å². The lowest BCUT2D eigenvalue weighted by Crippen LogP contribution is -2.27. The van der Waals surface area contributed by atoms with Crippen molar-refractivity contribution in [2.75, 3.05) is 26.3 Å². The summed E-state index contributed by atoms with van der Waals surface area (Å²) in [5.41, 5.74) is 8.07. The largest absolute Gasteiger partial charge is 0.756 e. The number of carbonyl (C=O) groups excluding carboxylic acids is 1. The molecule has 0 saturated carbocycles. The fraction of sp³-hybridized carbons (Fsp3) is 0.923. The number of hydrogen-bond acceptors (Lipinski definition) is 8.